The zero-order valence-electron chi connectivity index (χ0n) is 16.7. The van der Waals surface area contributed by atoms with E-state index in [-0.39, 0.29) is 5.97 Å². The van der Waals surface area contributed by atoms with Gasteiger partial charge in [-0.1, -0.05) is 119 Å². The Morgan fingerprint density at radius 3 is 1.63 bits per heavy atom. The number of rotatable bonds is 13. The molecular formula is C24H34O2Si. The Balaban J connectivity index is 1.73. The maximum Gasteiger partial charge on any atom is 0.302 e. The quantitative estimate of drug-likeness (QED) is 0.360. The predicted octanol–water partition coefficient (Wildman–Crippen LogP) is 4.99. The van der Waals surface area contributed by atoms with Crippen LogP contribution in [0.2, 0.25) is 0 Å². The van der Waals surface area contributed by atoms with Gasteiger partial charge in [-0.25, -0.2) is 0 Å². The zero-order chi connectivity index (χ0) is 19.2. The third-order valence-electron chi connectivity index (χ3n) is 4.94. The van der Waals surface area contributed by atoms with Crippen molar-refractivity contribution in [3.8, 4) is 0 Å². The molecule has 0 saturated heterocycles. The van der Waals surface area contributed by atoms with E-state index in [1.807, 2.05) is 36.4 Å². The van der Waals surface area contributed by atoms with E-state index in [1.54, 1.807) is 0 Å². The summed E-state index contributed by atoms with van der Waals surface area (Å²) in [6.07, 6.45) is 11.9. The minimum absolute atomic E-state index is 0.0395. The van der Waals surface area contributed by atoms with Gasteiger partial charge in [0.1, 0.15) is 0 Å². The van der Waals surface area contributed by atoms with Gasteiger partial charge in [0, 0.05) is 6.42 Å². The van der Waals surface area contributed by atoms with Crippen LogP contribution in [-0.2, 0) is 9.22 Å². The maximum absolute atomic E-state index is 12.4. The number of hydrogen-bond donors (Lipinski definition) is 0. The Morgan fingerprint density at radius 2 is 1.15 bits per heavy atom. The third kappa shape index (κ3) is 8.57. The average Bonchev–Trinajstić information content (AvgIpc) is 2.72. The van der Waals surface area contributed by atoms with Gasteiger partial charge in [-0.2, -0.15) is 0 Å². The molecule has 0 aliphatic rings. The van der Waals surface area contributed by atoms with E-state index < -0.39 is 9.04 Å². The van der Waals surface area contributed by atoms with Gasteiger partial charge in [0.05, 0.1) is 0 Å². The van der Waals surface area contributed by atoms with Crippen molar-refractivity contribution in [3.05, 3.63) is 60.7 Å². The molecule has 0 atom stereocenters. The summed E-state index contributed by atoms with van der Waals surface area (Å²) in [5.74, 6) is -0.0395. The standard InChI is InChI=1S/C24H34O2Si/c1-2-3-4-5-6-7-8-9-16-21-24(25)26-27(22-17-12-10-13-18-22)23-19-14-11-15-20-23/h10-15,17-20,27H,2-9,16,21H2,1H3. The summed E-state index contributed by atoms with van der Waals surface area (Å²) in [5, 5.41) is 2.31. The smallest absolute Gasteiger partial charge is 0.302 e. The van der Waals surface area contributed by atoms with E-state index in [0.29, 0.717) is 6.42 Å². The minimum Gasteiger partial charge on any atom is -0.513 e. The lowest BCUT2D eigenvalue weighted by Gasteiger charge is -2.17. The van der Waals surface area contributed by atoms with Crippen LogP contribution in [0.4, 0.5) is 0 Å². The molecule has 27 heavy (non-hydrogen) atoms. The van der Waals surface area contributed by atoms with Crippen LogP contribution < -0.4 is 10.4 Å². The first-order chi connectivity index (χ1) is 13.3. The van der Waals surface area contributed by atoms with Crippen molar-refractivity contribution in [3.63, 3.8) is 0 Å². The summed E-state index contributed by atoms with van der Waals surface area (Å²) in [6.45, 7) is 2.25. The molecule has 2 aromatic carbocycles. The second kappa shape index (κ2) is 13.3. The molecule has 0 N–H and O–H groups in total. The van der Waals surface area contributed by atoms with Gasteiger partial charge >= 0.3 is 9.04 Å². The lowest BCUT2D eigenvalue weighted by molar-refractivity contribution is -0.134. The molecule has 0 saturated carbocycles. The SMILES string of the molecule is CCCCCCCCCCCC(=O)O[SiH](c1ccccc1)c1ccccc1. The Bertz CT molecular complexity index is 588. The summed E-state index contributed by atoms with van der Waals surface area (Å²) in [4.78, 5) is 12.4. The fourth-order valence-corrected chi connectivity index (χ4v) is 5.54. The van der Waals surface area contributed by atoms with Gasteiger partial charge in [0.15, 0.2) is 0 Å². The van der Waals surface area contributed by atoms with Crippen molar-refractivity contribution in [1.82, 2.24) is 0 Å². The highest BCUT2D eigenvalue weighted by molar-refractivity contribution is 6.81. The molecule has 3 heteroatoms. The molecule has 0 aliphatic carbocycles. The normalized spacial score (nSPS) is 10.9. The summed E-state index contributed by atoms with van der Waals surface area (Å²) in [6, 6.07) is 20.4. The molecule has 0 unspecified atom stereocenters. The lowest BCUT2D eigenvalue weighted by Crippen LogP contribution is -2.46. The van der Waals surface area contributed by atoms with Crippen molar-refractivity contribution in [2.75, 3.05) is 0 Å². The first kappa shape index (κ1) is 21.4. The Kier molecular flexibility index (Phi) is 10.6. The number of unbranched alkanes of at least 4 members (excludes halogenated alkanes) is 8. The molecule has 2 rings (SSSR count). The summed E-state index contributed by atoms with van der Waals surface area (Å²) in [7, 11) is -1.94. The minimum atomic E-state index is -1.94. The Hall–Kier alpha value is -1.87. The molecule has 0 fully saturated rings. The van der Waals surface area contributed by atoms with Crippen LogP contribution in [0, 0.1) is 0 Å². The van der Waals surface area contributed by atoms with E-state index >= 15 is 0 Å². The zero-order valence-corrected chi connectivity index (χ0v) is 17.9. The third-order valence-corrected chi connectivity index (χ3v) is 7.42. The molecule has 0 bridgehead atoms. The Labute approximate surface area is 166 Å². The highest BCUT2D eigenvalue weighted by atomic mass is 28.3. The molecule has 0 aromatic heterocycles. The van der Waals surface area contributed by atoms with Crippen LogP contribution >= 0.6 is 0 Å². The van der Waals surface area contributed by atoms with E-state index in [9.17, 15) is 4.79 Å². The summed E-state index contributed by atoms with van der Waals surface area (Å²) < 4.78 is 5.99. The van der Waals surface area contributed by atoms with Crippen LogP contribution in [0.1, 0.15) is 71.1 Å². The average molecular weight is 383 g/mol. The van der Waals surface area contributed by atoms with Gasteiger partial charge in [0.2, 0.25) is 0 Å². The molecule has 0 radical (unpaired) electrons. The van der Waals surface area contributed by atoms with Gasteiger partial charge in [0.25, 0.3) is 5.97 Å². The number of hydrogen-bond acceptors (Lipinski definition) is 2. The highest BCUT2D eigenvalue weighted by Crippen LogP contribution is 2.11. The summed E-state index contributed by atoms with van der Waals surface area (Å²) >= 11 is 0. The van der Waals surface area contributed by atoms with Gasteiger partial charge < -0.3 is 4.43 Å². The monoisotopic (exact) mass is 382 g/mol. The van der Waals surface area contributed by atoms with Crippen molar-refractivity contribution < 1.29 is 9.22 Å². The van der Waals surface area contributed by atoms with Crippen LogP contribution in [0.5, 0.6) is 0 Å². The molecule has 0 aliphatic heterocycles. The lowest BCUT2D eigenvalue weighted by atomic mass is 10.1. The largest absolute Gasteiger partial charge is 0.513 e. The highest BCUT2D eigenvalue weighted by Gasteiger charge is 2.21. The van der Waals surface area contributed by atoms with Gasteiger partial charge in [-0.05, 0) is 16.8 Å². The second-order valence-corrected chi connectivity index (χ2v) is 9.60. The van der Waals surface area contributed by atoms with Crippen molar-refractivity contribution in [1.29, 1.82) is 0 Å². The van der Waals surface area contributed by atoms with E-state index in [0.717, 1.165) is 23.2 Å². The van der Waals surface area contributed by atoms with Gasteiger partial charge in [-0.15, -0.1) is 0 Å². The number of benzene rings is 2. The fourth-order valence-electron chi connectivity index (χ4n) is 3.35. The molecule has 0 amide bonds. The number of carbonyl (C=O) groups excluding carboxylic acids is 1. The van der Waals surface area contributed by atoms with Gasteiger partial charge in [-0.3, -0.25) is 4.79 Å². The number of carbonyl (C=O) groups is 1. The molecule has 0 spiro atoms. The molecule has 0 heterocycles. The topological polar surface area (TPSA) is 26.3 Å². The van der Waals surface area contributed by atoms with Crippen LogP contribution in [0.15, 0.2) is 60.7 Å². The first-order valence-electron chi connectivity index (χ1n) is 10.6. The van der Waals surface area contributed by atoms with Crippen molar-refractivity contribution in [2.45, 2.75) is 71.1 Å². The Morgan fingerprint density at radius 1 is 0.704 bits per heavy atom. The molecule has 2 aromatic rings. The van der Waals surface area contributed by atoms with Crippen molar-refractivity contribution in [2.24, 2.45) is 0 Å². The predicted molar refractivity (Wildman–Crippen MR) is 117 cm³/mol. The van der Waals surface area contributed by atoms with E-state index in [1.165, 1.54) is 44.9 Å². The van der Waals surface area contributed by atoms with E-state index in [2.05, 4.69) is 31.2 Å². The fraction of sp³-hybridized carbons (Fsp3) is 0.458. The maximum atomic E-state index is 12.4. The molecule has 146 valence electrons. The van der Waals surface area contributed by atoms with Crippen molar-refractivity contribution >= 4 is 25.4 Å². The van der Waals surface area contributed by atoms with E-state index in [4.69, 9.17) is 4.43 Å². The van der Waals surface area contributed by atoms with Crippen LogP contribution in [-0.4, -0.2) is 15.0 Å². The summed E-state index contributed by atoms with van der Waals surface area (Å²) in [5.41, 5.74) is 0. The molecule has 2 nitrogen and oxygen atoms in total. The van der Waals surface area contributed by atoms with Crippen LogP contribution in [0.25, 0.3) is 0 Å². The van der Waals surface area contributed by atoms with Crippen LogP contribution in [0.3, 0.4) is 0 Å². The molecular weight excluding hydrogens is 348 g/mol. The first-order valence-corrected chi connectivity index (χ1v) is 12.2. The second-order valence-electron chi connectivity index (χ2n) is 7.27.